The molecule has 3 aromatic rings. The number of alkyl halides is 3. The van der Waals surface area contributed by atoms with Gasteiger partial charge in [0.1, 0.15) is 0 Å². The Hall–Kier alpha value is -2.71. The molecule has 10 heteroatoms. The van der Waals surface area contributed by atoms with Crippen LogP contribution in [0.1, 0.15) is 11.3 Å². The molecule has 1 heterocycles. The molecule has 0 fully saturated rings. The van der Waals surface area contributed by atoms with Gasteiger partial charge in [0.2, 0.25) is 5.88 Å². The largest absolute Gasteiger partial charge is 0.467 e. The van der Waals surface area contributed by atoms with Crippen molar-refractivity contribution in [3.63, 3.8) is 0 Å². The summed E-state index contributed by atoms with van der Waals surface area (Å²) >= 11 is 12.1. The van der Waals surface area contributed by atoms with Crippen molar-refractivity contribution >= 4 is 29.1 Å². The van der Waals surface area contributed by atoms with Gasteiger partial charge in [-0.1, -0.05) is 53.5 Å². The highest BCUT2D eigenvalue weighted by atomic mass is 35.5. The normalized spacial score (nSPS) is 11.4. The molecule has 0 aliphatic carbocycles. The van der Waals surface area contributed by atoms with Gasteiger partial charge in [-0.25, -0.2) is 0 Å². The summed E-state index contributed by atoms with van der Waals surface area (Å²) in [5, 5.41) is 6.95. The minimum Gasteiger partial charge on any atom is -0.467 e. The Labute approximate surface area is 180 Å². The van der Waals surface area contributed by atoms with Gasteiger partial charge in [-0.2, -0.15) is 23.0 Å². The molecule has 0 saturated heterocycles. The molecule has 1 amide bonds. The number of amides is 1. The van der Waals surface area contributed by atoms with Crippen molar-refractivity contribution < 1.29 is 22.7 Å². The Morgan fingerprint density at radius 3 is 2.40 bits per heavy atom. The zero-order valence-corrected chi connectivity index (χ0v) is 16.9. The van der Waals surface area contributed by atoms with Crippen molar-refractivity contribution in [3.05, 3.63) is 75.9 Å². The summed E-state index contributed by atoms with van der Waals surface area (Å²) in [5.74, 6) is -0.751. The van der Waals surface area contributed by atoms with Gasteiger partial charge in [0.25, 0.3) is 5.91 Å². The lowest BCUT2D eigenvalue weighted by atomic mass is 10.1. The van der Waals surface area contributed by atoms with E-state index in [0.29, 0.717) is 18.0 Å². The molecule has 30 heavy (non-hydrogen) atoms. The summed E-state index contributed by atoms with van der Waals surface area (Å²) in [5.41, 5.74) is -0.0904. The first-order chi connectivity index (χ1) is 14.3. The highest BCUT2D eigenvalue weighted by Crippen LogP contribution is 2.33. The van der Waals surface area contributed by atoms with Crippen LogP contribution in [0.25, 0.3) is 5.69 Å². The number of para-hydroxylation sites is 1. The van der Waals surface area contributed by atoms with Crippen molar-refractivity contribution in [2.24, 2.45) is 0 Å². The van der Waals surface area contributed by atoms with E-state index in [1.807, 2.05) is 12.1 Å². The maximum Gasteiger partial charge on any atom is 0.435 e. The zero-order chi connectivity index (χ0) is 21.7. The number of halogens is 5. The smallest absolute Gasteiger partial charge is 0.435 e. The minimum absolute atomic E-state index is 0.184. The third-order valence-electron chi connectivity index (χ3n) is 4.07. The first kappa shape index (κ1) is 22.0. The predicted molar refractivity (Wildman–Crippen MR) is 107 cm³/mol. The number of nitrogens with zero attached hydrogens (tertiary/aromatic N) is 2. The van der Waals surface area contributed by atoms with Crippen LogP contribution in [0.2, 0.25) is 10.0 Å². The molecule has 158 valence electrons. The standard InChI is InChI=1S/C20H16Cl2F3N3O2/c21-14-6-2-1-5-13(14)9-10-26-18(29)12-30-19-11-17(20(23,24)25)27-28(19)16-8-4-3-7-15(16)22/h1-8,11H,9-10,12H2,(H,26,29). The molecule has 0 unspecified atom stereocenters. The Balaban J connectivity index is 1.67. The second kappa shape index (κ2) is 9.40. The fourth-order valence-electron chi connectivity index (χ4n) is 2.63. The second-order valence-electron chi connectivity index (χ2n) is 6.21. The van der Waals surface area contributed by atoms with Gasteiger partial charge in [-0.05, 0) is 30.2 Å². The summed E-state index contributed by atoms with van der Waals surface area (Å²) in [7, 11) is 0. The number of hydrogen-bond donors (Lipinski definition) is 1. The molecule has 1 N–H and O–H groups in total. The summed E-state index contributed by atoms with van der Waals surface area (Å²) in [6.45, 7) is -0.195. The summed E-state index contributed by atoms with van der Waals surface area (Å²) in [4.78, 5) is 12.1. The van der Waals surface area contributed by atoms with Crippen molar-refractivity contribution in [3.8, 4) is 11.6 Å². The number of carbonyl (C=O) groups is 1. The van der Waals surface area contributed by atoms with Crippen LogP contribution in [-0.4, -0.2) is 28.8 Å². The molecule has 0 bridgehead atoms. The minimum atomic E-state index is -4.68. The molecule has 0 spiro atoms. The number of nitrogens with one attached hydrogen (secondary N) is 1. The number of benzene rings is 2. The number of rotatable bonds is 7. The van der Waals surface area contributed by atoms with Gasteiger partial charge in [-0.15, -0.1) is 0 Å². The average Bonchev–Trinajstić information content (AvgIpc) is 3.13. The van der Waals surface area contributed by atoms with Crippen molar-refractivity contribution in [1.29, 1.82) is 0 Å². The predicted octanol–water partition coefficient (Wildman–Crippen LogP) is 4.94. The summed E-state index contributed by atoms with van der Waals surface area (Å²) < 4.78 is 45.5. The van der Waals surface area contributed by atoms with E-state index in [2.05, 4.69) is 10.4 Å². The van der Waals surface area contributed by atoms with Crippen LogP contribution in [0, 0.1) is 0 Å². The van der Waals surface area contributed by atoms with E-state index in [0.717, 1.165) is 16.3 Å². The van der Waals surface area contributed by atoms with Crippen molar-refractivity contribution in [2.45, 2.75) is 12.6 Å². The molecule has 0 saturated carbocycles. The van der Waals surface area contributed by atoms with Gasteiger partial charge < -0.3 is 10.1 Å². The Kier molecular flexibility index (Phi) is 6.89. The van der Waals surface area contributed by atoms with Crippen LogP contribution >= 0.6 is 23.2 Å². The first-order valence-corrected chi connectivity index (χ1v) is 9.56. The Morgan fingerprint density at radius 1 is 1.07 bits per heavy atom. The quantitative estimate of drug-likeness (QED) is 0.546. The number of hydrogen-bond acceptors (Lipinski definition) is 3. The third-order valence-corrected chi connectivity index (χ3v) is 4.76. The average molecular weight is 458 g/mol. The number of ether oxygens (including phenoxy) is 1. The maximum atomic E-state index is 13.1. The first-order valence-electron chi connectivity index (χ1n) is 8.81. The molecule has 1 aromatic heterocycles. The molecule has 0 aliphatic heterocycles. The number of aromatic nitrogens is 2. The fourth-order valence-corrected chi connectivity index (χ4v) is 3.08. The summed E-state index contributed by atoms with van der Waals surface area (Å²) in [6, 6.07) is 14.2. The van der Waals surface area contributed by atoms with E-state index in [1.165, 1.54) is 12.1 Å². The van der Waals surface area contributed by atoms with Crippen LogP contribution in [0.5, 0.6) is 5.88 Å². The SMILES string of the molecule is O=C(COc1cc(C(F)(F)F)nn1-c1ccccc1Cl)NCCc1ccccc1Cl. The van der Waals surface area contributed by atoms with E-state index < -0.39 is 24.4 Å². The number of carbonyl (C=O) groups excluding carboxylic acids is 1. The molecule has 3 rings (SSSR count). The molecule has 0 radical (unpaired) electrons. The molecule has 2 aromatic carbocycles. The monoisotopic (exact) mass is 457 g/mol. The lowest BCUT2D eigenvalue weighted by molar-refractivity contribution is -0.141. The molecular weight excluding hydrogens is 442 g/mol. The third kappa shape index (κ3) is 5.46. The maximum absolute atomic E-state index is 13.1. The van der Waals surface area contributed by atoms with Crippen molar-refractivity contribution in [2.75, 3.05) is 13.2 Å². The van der Waals surface area contributed by atoms with Gasteiger partial charge >= 0.3 is 6.18 Å². The van der Waals surface area contributed by atoms with E-state index in [4.69, 9.17) is 27.9 Å². The molecular formula is C20H16Cl2F3N3O2. The molecule has 0 atom stereocenters. The lowest BCUT2D eigenvalue weighted by Crippen LogP contribution is -2.30. The van der Waals surface area contributed by atoms with Crippen LogP contribution in [-0.2, 0) is 17.4 Å². The van der Waals surface area contributed by atoms with Gasteiger partial charge in [0, 0.05) is 17.6 Å². The highest BCUT2D eigenvalue weighted by Gasteiger charge is 2.36. The second-order valence-corrected chi connectivity index (χ2v) is 7.02. The summed E-state index contributed by atoms with van der Waals surface area (Å²) in [6.07, 6.45) is -4.18. The molecule has 0 aliphatic rings. The van der Waals surface area contributed by atoms with Crippen LogP contribution < -0.4 is 10.1 Å². The van der Waals surface area contributed by atoms with Crippen molar-refractivity contribution in [1.82, 2.24) is 15.1 Å². The van der Waals surface area contributed by atoms with Gasteiger partial charge in [0.15, 0.2) is 12.3 Å². The van der Waals surface area contributed by atoms with E-state index in [-0.39, 0.29) is 16.6 Å². The molecule has 5 nitrogen and oxygen atoms in total. The fraction of sp³-hybridized carbons (Fsp3) is 0.200. The zero-order valence-electron chi connectivity index (χ0n) is 15.4. The topological polar surface area (TPSA) is 56.1 Å². The van der Waals surface area contributed by atoms with E-state index >= 15 is 0 Å². The Bertz CT molecular complexity index is 1040. The van der Waals surface area contributed by atoms with E-state index in [9.17, 15) is 18.0 Å². The van der Waals surface area contributed by atoms with Crippen LogP contribution in [0.4, 0.5) is 13.2 Å². The van der Waals surface area contributed by atoms with Crippen LogP contribution in [0.3, 0.4) is 0 Å². The van der Waals surface area contributed by atoms with Gasteiger partial charge in [-0.3, -0.25) is 4.79 Å². The Morgan fingerprint density at radius 2 is 1.73 bits per heavy atom. The van der Waals surface area contributed by atoms with E-state index in [1.54, 1.807) is 24.3 Å². The lowest BCUT2D eigenvalue weighted by Gasteiger charge is -2.11. The van der Waals surface area contributed by atoms with Gasteiger partial charge in [0.05, 0.1) is 10.7 Å². The highest BCUT2D eigenvalue weighted by molar-refractivity contribution is 6.32. The van der Waals surface area contributed by atoms with Crippen LogP contribution in [0.15, 0.2) is 54.6 Å².